The van der Waals surface area contributed by atoms with Crippen molar-refractivity contribution in [2.24, 2.45) is 5.92 Å². The molecule has 1 N–H and O–H groups in total. The first-order chi connectivity index (χ1) is 8.19. The minimum atomic E-state index is -2.95. The Labute approximate surface area is 104 Å². The van der Waals surface area contributed by atoms with Gasteiger partial charge in [-0.1, -0.05) is 0 Å². The molecule has 0 amide bonds. The Hall–Kier alpha value is -0.130. The van der Waals surface area contributed by atoms with E-state index in [1.807, 2.05) is 4.31 Å². The molecule has 5 heteroatoms. The molecule has 3 rings (SSSR count). The highest BCUT2D eigenvalue weighted by Gasteiger charge is 2.46. The number of nitrogens with one attached hydrogen (secondary N) is 1. The van der Waals surface area contributed by atoms with E-state index in [0.717, 1.165) is 58.2 Å². The van der Waals surface area contributed by atoms with Crippen LogP contribution in [0.2, 0.25) is 0 Å². The fourth-order valence-electron chi connectivity index (χ4n) is 3.34. The van der Waals surface area contributed by atoms with E-state index < -0.39 is 10.0 Å². The van der Waals surface area contributed by atoms with Gasteiger partial charge >= 0.3 is 0 Å². The van der Waals surface area contributed by atoms with Gasteiger partial charge in [-0.15, -0.1) is 0 Å². The van der Waals surface area contributed by atoms with Crippen molar-refractivity contribution in [1.82, 2.24) is 9.62 Å². The van der Waals surface area contributed by atoms with Crippen molar-refractivity contribution in [2.45, 2.75) is 49.8 Å². The summed E-state index contributed by atoms with van der Waals surface area (Å²) < 4.78 is 26.6. The molecule has 3 fully saturated rings. The summed E-state index contributed by atoms with van der Waals surface area (Å²) in [5.74, 6) is 0.590. The summed E-state index contributed by atoms with van der Waals surface area (Å²) in [6.45, 7) is 2.88. The van der Waals surface area contributed by atoms with Crippen LogP contribution in [-0.4, -0.2) is 43.6 Å². The smallest absolute Gasteiger partial charge is 0.217 e. The molecule has 3 aliphatic rings. The van der Waals surface area contributed by atoms with Gasteiger partial charge in [-0.3, -0.25) is 0 Å². The van der Waals surface area contributed by atoms with Gasteiger partial charge in [0.05, 0.1) is 5.25 Å². The van der Waals surface area contributed by atoms with Crippen molar-refractivity contribution in [3.8, 4) is 0 Å². The van der Waals surface area contributed by atoms with E-state index in [-0.39, 0.29) is 5.25 Å². The second-order valence-corrected chi connectivity index (χ2v) is 7.82. The van der Waals surface area contributed by atoms with Crippen LogP contribution in [0.25, 0.3) is 0 Å². The average Bonchev–Trinajstić information content (AvgIpc) is 3.08. The van der Waals surface area contributed by atoms with Crippen LogP contribution in [0.1, 0.15) is 38.5 Å². The number of sulfonamides is 1. The van der Waals surface area contributed by atoms with Crippen LogP contribution in [0.15, 0.2) is 0 Å². The lowest BCUT2D eigenvalue weighted by Crippen LogP contribution is -2.44. The topological polar surface area (TPSA) is 49.4 Å². The molecule has 2 saturated heterocycles. The molecule has 17 heavy (non-hydrogen) atoms. The fourth-order valence-corrected chi connectivity index (χ4v) is 5.49. The monoisotopic (exact) mass is 258 g/mol. The van der Waals surface area contributed by atoms with Crippen LogP contribution in [0.3, 0.4) is 0 Å². The number of nitrogens with zero attached hydrogens (tertiary/aromatic N) is 1. The van der Waals surface area contributed by atoms with Gasteiger partial charge in [-0.25, -0.2) is 8.42 Å². The Morgan fingerprint density at radius 1 is 1.00 bits per heavy atom. The molecule has 0 bridgehead atoms. The molecule has 0 spiro atoms. The summed E-state index contributed by atoms with van der Waals surface area (Å²) >= 11 is 0. The number of rotatable bonds is 3. The van der Waals surface area contributed by atoms with Crippen molar-refractivity contribution < 1.29 is 8.42 Å². The first-order valence-corrected chi connectivity index (χ1v) is 8.41. The minimum Gasteiger partial charge on any atom is -0.317 e. The van der Waals surface area contributed by atoms with Crippen LogP contribution in [0.5, 0.6) is 0 Å². The number of piperidine rings is 1. The summed E-state index contributed by atoms with van der Waals surface area (Å²) in [6, 6.07) is 0.308. The van der Waals surface area contributed by atoms with Gasteiger partial charge in [0.1, 0.15) is 0 Å². The average molecular weight is 258 g/mol. The zero-order chi connectivity index (χ0) is 11.9. The highest BCUT2D eigenvalue weighted by atomic mass is 32.2. The highest BCUT2D eigenvalue weighted by molar-refractivity contribution is 7.90. The van der Waals surface area contributed by atoms with Gasteiger partial charge in [0, 0.05) is 12.6 Å². The lowest BCUT2D eigenvalue weighted by Gasteiger charge is -2.33. The maximum atomic E-state index is 12.4. The predicted molar refractivity (Wildman–Crippen MR) is 67.3 cm³/mol. The van der Waals surface area contributed by atoms with Crippen molar-refractivity contribution in [3.63, 3.8) is 0 Å². The molecule has 0 aromatic carbocycles. The summed E-state index contributed by atoms with van der Waals surface area (Å²) in [7, 11) is -2.95. The number of hydrogen-bond acceptors (Lipinski definition) is 3. The SMILES string of the molecule is O=S(=O)(C1CC1)N1CCCC1C1CCNCC1. The lowest BCUT2D eigenvalue weighted by atomic mass is 9.89. The summed E-state index contributed by atoms with van der Waals surface area (Å²) in [4.78, 5) is 0. The molecule has 0 aromatic heterocycles. The quantitative estimate of drug-likeness (QED) is 0.820. The zero-order valence-corrected chi connectivity index (χ0v) is 11.1. The van der Waals surface area contributed by atoms with Crippen LogP contribution >= 0.6 is 0 Å². The fraction of sp³-hybridized carbons (Fsp3) is 1.00. The maximum absolute atomic E-state index is 12.4. The first kappa shape index (κ1) is 11.9. The van der Waals surface area contributed by atoms with Gasteiger partial charge in [0.2, 0.25) is 10.0 Å². The molecule has 1 unspecified atom stereocenters. The minimum absolute atomic E-state index is 0.0372. The normalized spacial score (nSPS) is 33.1. The molecule has 2 heterocycles. The van der Waals surface area contributed by atoms with E-state index in [4.69, 9.17) is 0 Å². The van der Waals surface area contributed by atoms with E-state index in [0.29, 0.717) is 12.0 Å². The highest BCUT2D eigenvalue weighted by Crippen LogP contribution is 2.38. The Bertz CT molecular complexity index is 372. The Kier molecular flexibility index (Phi) is 3.17. The van der Waals surface area contributed by atoms with Gasteiger partial charge in [-0.05, 0) is 57.5 Å². The van der Waals surface area contributed by atoms with Crippen molar-refractivity contribution in [1.29, 1.82) is 0 Å². The van der Waals surface area contributed by atoms with Crippen molar-refractivity contribution in [2.75, 3.05) is 19.6 Å². The maximum Gasteiger partial charge on any atom is 0.217 e. The van der Waals surface area contributed by atoms with E-state index in [9.17, 15) is 8.42 Å². The van der Waals surface area contributed by atoms with E-state index in [2.05, 4.69) is 5.32 Å². The van der Waals surface area contributed by atoms with E-state index in [1.54, 1.807) is 0 Å². The second kappa shape index (κ2) is 4.52. The lowest BCUT2D eigenvalue weighted by molar-refractivity contribution is 0.235. The van der Waals surface area contributed by atoms with Crippen LogP contribution in [0.4, 0.5) is 0 Å². The zero-order valence-electron chi connectivity index (χ0n) is 10.3. The molecular formula is C12H22N2O2S. The number of hydrogen-bond donors (Lipinski definition) is 1. The van der Waals surface area contributed by atoms with E-state index in [1.165, 1.54) is 0 Å². The first-order valence-electron chi connectivity index (χ1n) is 6.91. The Morgan fingerprint density at radius 3 is 2.35 bits per heavy atom. The standard InChI is InChI=1S/C12H22N2O2S/c15-17(16,11-3-4-11)14-9-1-2-12(14)10-5-7-13-8-6-10/h10-13H,1-9H2. The summed E-state index contributed by atoms with van der Waals surface area (Å²) in [5.41, 5.74) is 0. The van der Waals surface area contributed by atoms with Crippen LogP contribution in [0, 0.1) is 5.92 Å². The van der Waals surface area contributed by atoms with Gasteiger partial charge in [0.15, 0.2) is 0 Å². The molecule has 0 radical (unpaired) electrons. The third kappa shape index (κ3) is 2.25. The second-order valence-electron chi connectivity index (χ2n) is 5.65. The summed E-state index contributed by atoms with van der Waals surface area (Å²) in [6.07, 6.45) is 6.19. The molecule has 1 atom stereocenters. The van der Waals surface area contributed by atoms with Gasteiger partial charge in [0.25, 0.3) is 0 Å². The Balaban J connectivity index is 1.74. The molecule has 98 valence electrons. The molecular weight excluding hydrogens is 236 g/mol. The van der Waals surface area contributed by atoms with Crippen LogP contribution in [-0.2, 0) is 10.0 Å². The van der Waals surface area contributed by atoms with Gasteiger partial charge in [-0.2, -0.15) is 4.31 Å². The van der Waals surface area contributed by atoms with Crippen molar-refractivity contribution in [3.05, 3.63) is 0 Å². The van der Waals surface area contributed by atoms with E-state index >= 15 is 0 Å². The largest absolute Gasteiger partial charge is 0.317 e. The molecule has 0 aromatic rings. The molecule has 4 nitrogen and oxygen atoms in total. The molecule has 1 aliphatic carbocycles. The van der Waals surface area contributed by atoms with Crippen LogP contribution < -0.4 is 5.32 Å². The molecule has 1 saturated carbocycles. The third-order valence-corrected chi connectivity index (χ3v) is 6.87. The predicted octanol–water partition coefficient (Wildman–Crippen LogP) is 0.943. The third-order valence-electron chi connectivity index (χ3n) is 4.45. The summed E-state index contributed by atoms with van der Waals surface area (Å²) in [5, 5.41) is 3.32. The van der Waals surface area contributed by atoms with Gasteiger partial charge < -0.3 is 5.32 Å². The van der Waals surface area contributed by atoms with Crippen molar-refractivity contribution >= 4 is 10.0 Å². The Morgan fingerprint density at radius 2 is 1.71 bits per heavy atom. The molecule has 2 aliphatic heterocycles.